The summed E-state index contributed by atoms with van der Waals surface area (Å²) in [5.74, 6) is 0.635. The van der Waals surface area contributed by atoms with E-state index < -0.39 is 0 Å². The van der Waals surface area contributed by atoms with Gasteiger partial charge in [-0.15, -0.1) is 0 Å². The third kappa shape index (κ3) is 2.28. The molecule has 1 heterocycles. The molecular formula is C12H21NO. The molecular weight excluding hydrogens is 174 g/mol. The Hall–Kier alpha value is -0.530. The highest BCUT2D eigenvalue weighted by Gasteiger charge is 2.25. The van der Waals surface area contributed by atoms with Crippen molar-refractivity contribution < 1.29 is 4.74 Å². The molecule has 0 amide bonds. The first-order chi connectivity index (χ1) is 6.88. The maximum absolute atomic E-state index is 11.8. The van der Waals surface area contributed by atoms with Crippen LogP contribution in [0.2, 0.25) is 0 Å². The lowest BCUT2D eigenvalue weighted by Gasteiger charge is -2.19. The van der Waals surface area contributed by atoms with Crippen molar-refractivity contribution in [3.8, 4) is 0 Å². The lowest BCUT2D eigenvalue weighted by molar-refractivity contribution is -0.460. The van der Waals surface area contributed by atoms with Crippen LogP contribution >= 0.6 is 0 Å². The van der Waals surface area contributed by atoms with Gasteiger partial charge in [-0.2, -0.15) is 0 Å². The molecule has 0 aromatic heterocycles. The summed E-state index contributed by atoms with van der Waals surface area (Å²) in [5, 5.41) is 11.8. The lowest BCUT2D eigenvalue weighted by atomic mass is 9.86. The number of rotatable bonds is 0. The topological polar surface area (TPSA) is 26.1 Å². The predicted octanol–water partition coefficient (Wildman–Crippen LogP) is 3.09. The van der Waals surface area contributed by atoms with Crippen LogP contribution in [-0.4, -0.2) is 17.0 Å². The van der Waals surface area contributed by atoms with Crippen molar-refractivity contribution >= 4 is 5.71 Å². The number of hydrogen-bond donors (Lipinski definition) is 0. The van der Waals surface area contributed by atoms with Gasteiger partial charge in [0.25, 0.3) is 0 Å². The molecule has 1 atom stereocenters. The van der Waals surface area contributed by atoms with E-state index >= 15 is 0 Å². The monoisotopic (exact) mass is 195 g/mol. The fraction of sp³-hybridized carbons (Fsp3) is 0.917. The minimum Gasteiger partial charge on any atom is -0.624 e. The fourth-order valence-corrected chi connectivity index (χ4v) is 2.85. The van der Waals surface area contributed by atoms with Crippen molar-refractivity contribution in [1.82, 2.24) is 0 Å². The van der Waals surface area contributed by atoms with Gasteiger partial charge in [-0.3, -0.25) is 0 Å². The van der Waals surface area contributed by atoms with Crippen LogP contribution in [0.25, 0.3) is 0 Å². The average Bonchev–Trinajstić information content (AvgIpc) is 2.28. The summed E-state index contributed by atoms with van der Waals surface area (Å²) in [6.45, 7) is 0.756. The molecule has 2 nitrogen and oxygen atoms in total. The Morgan fingerprint density at radius 2 is 1.64 bits per heavy atom. The lowest BCUT2D eigenvalue weighted by Crippen LogP contribution is -2.24. The molecule has 0 bridgehead atoms. The smallest absolute Gasteiger partial charge is 0.166 e. The van der Waals surface area contributed by atoms with Gasteiger partial charge < -0.3 is 5.21 Å². The molecule has 0 radical (unpaired) electrons. The van der Waals surface area contributed by atoms with Crippen LogP contribution in [0, 0.1) is 11.1 Å². The van der Waals surface area contributed by atoms with Crippen LogP contribution in [-0.2, 0) is 0 Å². The molecule has 0 aromatic carbocycles. The minimum absolute atomic E-state index is 0.635. The van der Waals surface area contributed by atoms with E-state index in [2.05, 4.69) is 0 Å². The Morgan fingerprint density at radius 1 is 0.929 bits per heavy atom. The molecule has 1 unspecified atom stereocenters. The van der Waals surface area contributed by atoms with Crippen molar-refractivity contribution in [2.24, 2.45) is 5.92 Å². The van der Waals surface area contributed by atoms with Crippen molar-refractivity contribution in [2.45, 2.75) is 57.8 Å². The molecule has 0 aromatic rings. The fourth-order valence-electron chi connectivity index (χ4n) is 2.85. The van der Waals surface area contributed by atoms with E-state index in [1.165, 1.54) is 55.4 Å². The number of fused-ring (bicyclic) bond motifs is 1. The third-order valence-corrected chi connectivity index (χ3v) is 3.69. The highest BCUT2D eigenvalue weighted by atomic mass is 16.5. The number of hydrogen-bond acceptors (Lipinski definition) is 1. The van der Waals surface area contributed by atoms with E-state index in [1.807, 2.05) is 0 Å². The van der Waals surface area contributed by atoms with Crippen molar-refractivity contribution in [3.63, 3.8) is 0 Å². The summed E-state index contributed by atoms with van der Waals surface area (Å²) in [5.41, 5.74) is 1.24. The molecule has 1 aliphatic carbocycles. The van der Waals surface area contributed by atoms with E-state index in [1.54, 1.807) is 0 Å². The Balaban J connectivity index is 2.12. The molecule has 1 fully saturated rings. The quantitative estimate of drug-likeness (QED) is 0.431. The van der Waals surface area contributed by atoms with Crippen LogP contribution in [0.3, 0.4) is 0 Å². The molecule has 2 aliphatic rings. The average molecular weight is 195 g/mol. The second-order valence-electron chi connectivity index (χ2n) is 4.74. The maximum atomic E-state index is 11.8. The van der Waals surface area contributed by atoms with Crippen LogP contribution in [0.15, 0.2) is 0 Å². The second kappa shape index (κ2) is 4.81. The Morgan fingerprint density at radius 3 is 2.50 bits per heavy atom. The van der Waals surface area contributed by atoms with Crippen molar-refractivity contribution in [3.05, 3.63) is 5.21 Å². The van der Waals surface area contributed by atoms with Gasteiger partial charge in [0.1, 0.15) is 0 Å². The van der Waals surface area contributed by atoms with Gasteiger partial charge in [0, 0.05) is 18.8 Å². The minimum atomic E-state index is 0.635. The highest BCUT2D eigenvalue weighted by molar-refractivity contribution is 5.82. The van der Waals surface area contributed by atoms with E-state index in [-0.39, 0.29) is 0 Å². The molecule has 2 heteroatoms. The summed E-state index contributed by atoms with van der Waals surface area (Å²) < 4.78 is 1.32. The van der Waals surface area contributed by atoms with Crippen LogP contribution in [0.4, 0.5) is 0 Å². The van der Waals surface area contributed by atoms with Gasteiger partial charge >= 0.3 is 0 Å². The van der Waals surface area contributed by atoms with E-state index in [0.29, 0.717) is 5.92 Å². The summed E-state index contributed by atoms with van der Waals surface area (Å²) in [7, 11) is 0. The van der Waals surface area contributed by atoms with Crippen LogP contribution in [0.1, 0.15) is 57.8 Å². The first-order valence-corrected chi connectivity index (χ1v) is 6.18. The maximum Gasteiger partial charge on any atom is 0.166 e. The third-order valence-electron chi connectivity index (χ3n) is 3.69. The highest BCUT2D eigenvalue weighted by Crippen LogP contribution is 2.26. The standard InChI is InChI=1S/C12H21NO/c14-13-10-6-5-8-11-7-3-1-2-4-9-12(11)13/h11H,1-10H2. The molecule has 80 valence electrons. The first kappa shape index (κ1) is 10.0. The van der Waals surface area contributed by atoms with Crippen molar-refractivity contribution in [2.75, 3.05) is 6.54 Å². The number of nitrogens with zero attached hydrogens (tertiary/aromatic N) is 1. The van der Waals surface area contributed by atoms with E-state index in [9.17, 15) is 5.21 Å². The summed E-state index contributed by atoms with van der Waals surface area (Å²) in [4.78, 5) is 0. The second-order valence-corrected chi connectivity index (χ2v) is 4.74. The Kier molecular flexibility index (Phi) is 3.44. The predicted molar refractivity (Wildman–Crippen MR) is 58.5 cm³/mol. The van der Waals surface area contributed by atoms with Gasteiger partial charge in [-0.05, 0) is 25.7 Å². The molecule has 0 saturated heterocycles. The summed E-state index contributed by atoms with van der Waals surface area (Å²) >= 11 is 0. The van der Waals surface area contributed by atoms with Gasteiger partial charge in [0.15, 0.2) is 12.3 Å². The molecule has 2 rings (SSSR count). The molecule has 0 spiro atoms. The Labute approximate surface area is 86.6 Å². The zero-order chi connectivity index (χ0) is 9.80. The molecule has 0 N–H and O–H groups in total. The van der Waals surface area contributed by atoms with E-state index in [4.69, 9.17) is 0 Å². The van der Waals surface area contributed by atoms with Gasteiger partial charge in [-0.25, -0.2) is 4.74 Å². The van der Waals surface area contributed by atoms with Gasteiger partial charge in [-0.1, -0.05) is 19.3 Å². The van der Waals surface area contributed by atoms with E-state index in [0.717, 1.165) is 19.4 Å². The van der Waals surface area contributed by atoms with Crippen LogP contribution < -0.4 is 0 Å². The first-order valence-electron chi connectivity index (χ1n) is 6.18. The van der Waals surface area contributed by atoms with Crippen molar-refractivity contribution in [1.29, 1.82) is 0 Å². The summed E-state index contributed by atoms with van der Waals surface area (Å²) in [6.07, 6.45) is 11.3. The SMILES string of the molecule is [O-][N+]1=C2CCCCCCC2CCCC1. The largest absolute Gasteiger partial charge is 0.624 e. The molecule has 14 heavy (non-hydrogen) atoms. The van der Waals surface area contributed by atoms with Gasteiger partial charge in [0.2, 0.25) is 0 Å². The van der Waals surface area contributed by atoms with Crippen LogP contribution in [0.5, 0.6) is 0 Å². The Bertz CT molecular complexity index is 222. The number of hydroxylamine groups is 1. The normalized spacial score (nSPS) is 30.1. The molecule has 1 saturated carbocycles. The zero-order valence-corrected chi connectivity index (χ0v) is 9.00. The molecule has 1 aliphatic heterocycles. The zero-order valence-electron chi connectivity index (χ0n) is 9.00. The van der Waals surface area contributed by atoms with Gasteiger partial charge in [0.05, 0.1) is 0 Å². The summed E-state index contributed by atoms with van der Waals surface area (Å²) in [6, 6.07) is 0.